The van der Waals surface area contributed by atoms with Gasteiger partial charge in [-0.25, -0.2) is 0 Å². The second kappa shape index (κ2) is 6.55. The lowest BCUT2D eigenvalue weighted by atomic mass is 9.92. The zero-order valence-corrected chi connectivity index (χ0v) is 14.6. The molecule has 0 saturated heterocycles. The van der Waals surface area contributed by atoms with Gasteiger partial charge in [0.15, 0.2) is 0 Å². The van der Waals surface area contributed by atoms with Crippen LogP contribution in [0, 0.1) is 0 Å². The molecule has 1 aliphatic rings. The number of nitrogens with one attached hydrogen (secondary N) is 1. The summed E-state index contributed by atoms with van der Waals surface area (Å²) in [7, 11) is 0. The van der Waals surface area contributed by atoms with Crippen LogP contribution in [0.3, 0.4) is 0 Å². The minimum absolute atomic E-state index is 0.0501. The van der Waals surface area contributed by atoms with Crippen molar-refractivity contribution in [2.24, 2.45) is 0 Å². The molecule has 0 saturated carbocycles. The van der Waals surface area contributed by atoms with E-state index in [1.54, 1.807) is 6.07 Å². The minimum Gasteiger partial charge on any atom is -0.343 e. The molecule has 0 atom stereocenters. The third-order valence-corrected chi connectivity index (χ3v) is 5.02. The number of para-hydroxylation sites is 1. The normalized spacial score (nSPS) is 15.5. The van der Waals surface area contributed by atoms with Gasteiger partial charge >= 0.3 is 12.4 Å². The number of hydrogen-bond acceptors (Lipinski definition) is 1. The molecule has 28 heavy (non-hydrogen) atoms. The molecule has 2 heterocycles. The predicted molar refractivity (Wildman–Crippen MR) is 94.0 cm³/mol. The van der Waals surface area contributed by atoms with Gasteiger partial charge in [-0.15, -0.1) is 0 Å². The van der Waals surface area contributed by atoms with E-state index in [0.717, 1.165) is 11.8 Å². The second-order valence-electron chi connectivity index (χ2n) is 6.75. The molecule has 148 valence electrons. The number of aromatic nitrogens is 1. The molecule has 1 N–H and O–H groups in total. The summed E-state index contributed by atoms with van der Waals surface area (Å²) in [6, 6.07) is 8.62. The monoisotopic (exact) mass is 398 g/mol. The molecule has 2 nitrogen and oxygen atoms in total. The predicted octanol–water partition coefficient (Wildman–Crippen LogP) is 5.49. The first-order valence-corrected chi connectivity index (χ1v) is 8.77. The molecule has 4 rings (SSSR count). The van der Waals surface area contributed by atoms with E-state index in [1.165, 1.54) is 12.1 Å². The van der Waals surface area contributed by atoms with Crippen LogP contribution in [-0.2, 0) is 25.3 Å². The summed E-state index contributed by atoms with van der Waals surface area (Å²) >= 11 is 0. The van der Waals surface area contributed by atoms with Crippen molar-refractivity contribution in [1.29, 1.82) is 0 Å². The van der Waals surface area contributed by atoms with Gasteiger partial charge in [0.25, 0.3) is 0 Å². The Kier molecular flexibility index (Phi) is 4.41. The van der Waals surface area contributed by atoms with Crippen molar-refractivity contribution < 1.29 is 26.3 Å². The Morgan fingerprint density at radius 3 is 2.11 bits per heavy atom. The van der Waals surface area contributed by atoms with E-state index in [1.807, 2.05) is 10.6 Å². The van der Waals surface area contributed by atoms with E-state index in [0.29, 0.717) is 49.1 Å². The van der Waals surface area contributed by atoms with Gasteiger partial charge in [0.2, 0.25) is 0 Å². The molecule has 3 aromatic rings. The lowest BCUT2D eigenvalue weighted by Crippen LogP contribution is -2.17. The highest BCUT2D eigenvalue weighted by atomic mass is 19.4. The Bertz CT molecular complexity index is 997. The molecule has 0 fully saturated rings. The number of fused-ring (bicyclic) bond motifs is 3. The van der Waals surface area contributed by atoms with E-state index in [-0.39, 0.29) is 5.56 Å². The van der Waals surface area contributed by atoms with Gasteiger partial charge < -0.3 is 9.88 Å². The third-order valence-electron chi connectivity index (χ3n) is 5.02. The largest absolute Gasteiger partial charge is 0.417 e. The molecule has 2 aromatic carbocycles. The maximum Gasteiger partial charge on any atom is 0.417 e. The molecule has 0 bridgehead atoms. The number of hydrogen-bond donors (Lipinski definition) is 1. The fraction of sp³-hybridized carbons (Fsp3) is 0.300. The SMILES string of the molecule is FC(F)(F)c1cccc(C(F)(F)F)c1-c1cccc2cc3n(c12)CCNCC3. The van der Waals surface area contributed by atoms with E-state index in [2.05, 4.69) is 5.32 Å². The third kappa shape index (κ3) is 3.15. The molecule has 1 aliphatic heterocycles. The number of rotatable bonds is 1. The van der Waals surface area contributed by atoms with E-state index >= 15 is 0 Å². The van der Waals surface area contributed by atoms with E-state index < -0.39 is 29.0 Å². The van der Waals surface area contributed by atoms with Crippen LogP contribution in [0.25, 0.3) is 22.0 Å². The fourth-order valence-electron chi connectivity index (χ4n) is 3.89. The summed E-state index contributed by atoms with van der Waals surface area (Å²) in [4.78, 5) is 0. The Hall–Kier alpha value is -2.48. The smallest absolute Gasteiger partial charge is 0.343 e. The Morgan fingerprint density at radius 1 is 0.821 bits per heavy atom. The number of benzene rings is 2. The minimum atomic E-state index is -4.91. The zero-order valence-electron chi connectivity index (χ0n) is 14.6. The highest BCUT2D eigenvalue weighted by Gasteiger charge is 2.41. The zero-order chi connectivity index (χ0) is 20.1. The highest BCUT2D eigenvalue weighted by Crippen LogP contribution is 2.46. The number of nitrogens with zero attached hydrogens (tertiary/aromatic N) is 1. The quantitative estimate of drug-likeness (QED) is 0.537. The van der Waals surface area contributed by atoms with Crippen molar-refractivity contribution >= 4 is 10.9 Å². The van der Waals surface area contributed by atoms with Crippen LogP contribution in [0.15, 0.2) is 42.5 Å². The molecule has 1 aromatic heterocycles. The Balaban J connectivity index is 2.10. The summed E-state index contributed by atoms with van der Waals surface area (Å²) in [6.45, 7) is 1.78. The van der Waals surface area contributed by atoms with Crippen molar-refractivity contribution in [2.75, 3.05) is 13.1 Å². The van der Waals surface area contributed by atoms with Gasteiger partial charge in [-0.05, 0) is 18.2 Å². The fourth-order valence-corrected chi connectivity index (χ4v) is 3.89. The first kappa shape index (κ1) is 18.9. The van der Waals surface area contributed by atoms with Gasteiger partial charge in [0, 0.05) is 48.3 Å². The van der Waals surface area contributed by atoms with Gasteiger partial charge in [-0.1, -0.05) is 24.3 Å². The van der Waals surface area contributed by atoms with Crippen molar-refractivity contribution in [3.8, 4) is 11.1 Å². The van der Waals surface area contributed by atoms with Gasteiger partial charge in [0.1, 0.15) is 0 Å². The van der Waals surface area contributed by atoms with Crippen molar-refractivity contribution in [2.45, 2.75) is 25.3 Å². The second-order valence-corrected chi connectivity index (χ2v) is 6.75. The molecule has 0 amide bonds. The lowest BCUT2D eigenvalue weighted by molar-refractivity contribution is -0.142. The van der Waals surface area contributed by atoms with E-state index in [9.17, 15) is 26.3 Å². The lowest BCUT2D eigenvalue weighted by Gasteiger charge is -2.20. The topological polar surface area (TPSA) is 17.0 Å². The van der Waals surface area contributed by atoms with Crippen LogP contribution in [0.4, 0.5) is 26.3 Å². The van der Waals surface area contributed by atoms with Gasteiger partial charge in [0.05, 0.1) is 16.6 Å². The Labute approximate surface area is 156 Å². The van der Waals surface area contributed by atoms with Gasteiger partial charge in [-0.3, -0.25) is 0 Å². The molecule has 8 heteroatoms. The van der Waals surface area contributed by atoms with Crippen molar-refractivity contribution in [3.63, 3.8) is 0 Å². The first-order valence-electron chi connectivity index (χ1n) is 8.77. The Morgan fingerprint density at radius 2 is 1.46 bits per heavy atom. The molecular formula is C20H16F6N2. The van der Waals surface area contributed by atoms with Crippen molar-refractivity contribution in [3.05, 3.63) is 59.3 Å². The highest BCUT2D eigenvalue weighted by molar-refractivity contribution is 5.97. The summed E-state index contributed by atoms with van der Waals surface area (Å²) in [5.41, 5.74) is -2.12. The summed E-state index contributed by atoms with van der Waals surface area (Å²) < 4.78 is 83.7. The molecule has 0 aliphatic carbocycles. The average Bonchev–Trinajstić information content (AvgIpc) is 2.81. The first-order chi connectivity index (χ1) is 13.2. The molecule has 0 radical (unpaired) electrons. The van der Waals surface area contributed by atoms with Crippen LogP contribution in [0.1, 0.15) is 16.8 Å². The van der Waals surface area contributed by atoms with E-state index in [4.69, 9.17) is 0 Å². The maximum absolute atomic E-state index is 13.6. The van der Waals surface area contributed by atoms with Crippen LogP contribution in [-0.4, -0.2) is 17.7 Å². The number of alkyl halides is 6. The van der Waals surface area contributed by atoms with Crippen molar-refractivity contribution in [1.82, 2.24) is 9.88 Å². The summed E-state index contributed by atoms with van der Waals surface area (Å²) in [6.07, 6.45) is -9.16. The van der Waals surface area contributed by atoms with Crippen LogP contribution in [0.2, 0.25) is 0 Å². The van der Waals surface area contributed by atoms with Gasteiger partial charge in [-0.2, -0.15) is 26.3 Å². The van der Waals surface area contributed by atoms with Crippen LogP contribution >= 0.6 is 0 Å². The molecule has 0 spiro atoms. The van der Waals surface area contributed by atoms with Crippen LogP contribution < -0.4 is 5.32 Å². The average molecular weight is 398 g/mol. The van der Waals surface area contributed by atoms with Crippen LogP contribution in [0.5, 0.6) is 0 Å². The summed E-state index contributed by atoms with van der Waals surface area (Å²) in [5.74, 6) is 0. The molecular weight excluding hydrogens is 382 g/mol. The maximum atomic E-state index is 13.6. The molecule has 0 unspecified atom stereocenters. The number of halogens is 6. The summed E-state index contributed by atoms with van der Waals surface area (Å²) in [5, 5.41) is 3.83. The standard InChI is InChI=1S/C20H16F6N2/c21-19(22,23)15-5-2-6-16(20(24,25)26)17(15)14-4-1-3-12-11-13-7-8-27-9-10-28(13)18(12)14/h1-6,11,27H,7-10H2.